The topological polar surface area (TPSA) is 178 Å². The quantitative estimate of drug-likeness (QED) is 0.0354. The maximum atomic E-state index is 12.7. The smallest absolute Gasteiger partial charge is 0.397 e. The molecule has 1 rings (SSSR count). The van der Waals surface area contributed by atoms with Gasteiger partial charge in [0.15, 0.2) is 6.29 Å². The maximum Gasteiger partial charge on any atom is 0.397 e. The van der Waals surface area contributed by atoms with Gasteiger partial charge in [-0.2, -0.15) is 8.42 Å². The monoisotopic (exact) mass is 712 g/mol. The Kier molecular flexibility index (Phi) is 27.0. The van der Waals surface area contributed by atoms with Gasteiger partial charge in [-0.25, -0.2) is 4.18 Å². The van der Waals surface area contributed by atoms with E-state index in [4.69, 9.17) is 23.5 Å². The summed E-state index contributed by atoms with van der Waals surface area (Å²) < 4.78 is 58.6. The normalized spacial score (nSPS) is 22.2. The zero-order chi connectivity index (χ0) is 35.5. The Morgan fingerprint density at radius 2 is 1.19 bits per heavy atom. The van der Waals surface area contributed by atoms with Gasteiger partial charge in [-0.3, -0.25) is 9.35 Å². The molecule has 0 bridgehead atoms. The molecule has 0 aromatic heterocycles. The Balaban J connectivity index is 2.50. The molecular formula is C35H68O12S. The molecule has 48 heavy (non-hydrogen) atoms. The molecule has 0 radical (unpaired) electrons. The molecule has 0 amide bonds. The highest BCUT2D eigenvalue weighted by Gasteiger charge is 2.48. The van der Waals surface area contributed by atoms with Crippen molar-refractivity contribution in [3.05, 3.63) is 0 Å². The fourth-order valence-corrected chi connectivity index (χ4v) is 6.36. The summed E-state index contributed by atoms with van der Waals surface area (Å²) in [5.74, 6) is -0.402. The summed E-state index contributed by atoms with van der Waals surface area (Å²) in [6.07, 6.45) is 15.9. The van der Waals surface area contributed by atoms with Crippen LogP contribution in [0.4, 0.5) is 0 Å². The van der Waals surface area contributed by atoms with Crippen LogP contribution in [0.1, 0.15) is 155 Å². The number of aliphatic hydroxyl groups excluding tert-OH is 3. The van der Waals surface area contributed by atoms with Gasteiger partial charge in [0.1, 0.15) is 30.5 Å². The van der Waals surface area contributed by atoms with Crippen molar-refractivity contribution in [2.45, 2.75) is 192 Å². The number of ether oxygens (including phenoxy) is 4. The molecule has 1 saturated heterocycles. The molecule has 0 aromatic rings. The predicted octanol–water partition coefficient (Wildman–Crippen LogP) is 6.18. The van der Waals surface area contributed by atoms with Crippen molar-refractivity contribution >= 4 is 16.4 Å². The number of rotatable bonds is 32. The molecule has 12 nitrogen and oxygen atoms in total. The molecule has 6 atom stereocenters. The largest absolute Gasteiger partial charge is 0.457 e. The second kappa shape index (κ2) is 28.8. The van der Waals surface area contributed by atoms with Gasteiger partial charge in [-0.05, 0) is 12.8 Å². The van der Waals surface area contributed by atoms with Crippen molar-refractivity contribution < 1.29 is 56.2 Å². The minimum Gasteiger partial charge on any atom is -0.457 e. The Morgan fingerprint density at radius 3 is 1.67 bits per heavy atom. The van der Waals surface area contributed by atoms with Crippen LogP contribution >= 0.6 is 0 Å². The molecule has 0 aromatic carbocycles. The van der Waals surface area contributed by atoms with Crippen LogP contribution in [0.5, 0.6) is 0 Å². The lowest BCUT2D eigenvalue weighted by Crippen LogP contribution is -2.60. The van der Waals surface area contributed by atoms with E-state index in [1.807, 2.05) is 0 Å². The minimum absolute atomic E-state index is 0.0429. The third-order valence-electron chi connectivity index (χ3n) is 8.73. The predicted molar refractivity (Wildman–Crippen MR) is 184 cm³/mol. The van der Waals surface area contributed by atoms with Crippen LogP contribution in [0.3, 0.4) is 0 Å². The molecule has 4 N–H and O–H groups in total. The fourth-order valence-electron chi connectivity index (χ4n) is 5.85. The summed E-state index contributed by atoms with van der Waals surface area (Å²) in [5, 5.41) is 30.4. The molecule has 6 unspecified atom stereocenters. The van der Waals surface area contributed by atoms with E-state index in [0.29, 0.717) is 13.0 Å². The Hall–Kier alpha value is -0.900. The average molecular weight is 713 g/mol. The van der Waals surface area contributed by atoms with Gasteiger partial charge >= 0.3 is 16.4 Å². The third-order valence-corrected chi connectivity index (χ3v) is 9.19. The van der Waals surface area contributed by atoms with Crippen molar-refractivity contribution in [3.8, 4) is 0 Å². The van der Waals surface area contributed by atoms with Crippen LogP contribution in [-0.2, 0) is 38.3 Å². The summed E-state index contributed by atoms with van der Waals surface area (Å²) in [5.41, 5.74) is 0. The molecule has 1 heterocycles. The van der Waals surface area contributed by atoms with Gasteiger partial charge in [0.25, 0.3) is 0 Å². The lowest BCUT2D eigenvalue weighted by atomic mass is 9.99. The first-order chi connectivity index (χ1) is 23.1. The zero-order valence-electron chi connectivity index (χ0n) is 29.8. The van der Waals surface area contributed by atoms with E-state index < -0.39 is 59.8 Å². The van der Waals surface area contributed by atoms with E-state index in [1.165, 1.54) is 89.9 Å². The first-order valence-electron chi connectivity index (χ1n) is 18.8. The van der Waals surface area contributed by atoms with E-state index in [0.717, 1.165) is 38.5 Å². The highest BCUT2D eigenvalue weighted by molar-refractivity contribution is 7.80. The Bertz CT molecular complexity index is 874. The molecular weight excluding hydrogens is 644 g/mol. The van der Waals surface area contributed by atoms with Crippen molar-refractivity contribution in [1.82, 2.24) is 0 Å². The molecule has 1 aliphatic rings. The Morgan fingerprint density at radius 1 is 0.708 bits per heavy atom. The number of carbonyl (C=O) groups is 1. The van der Waals surface area contributed by atoms with Crippen LogP contribution in [0.15, 0.2) is 0 Å². The molecule has 1 fully saturated rings. The van der Waals surface area contributed by atoms with E-state index >= 15 is 0 Å². The van der Waals surface area contributed by atoms with Crippen LogP contribution < -0.4 is 0 Å². The van der Waals surface area contributed by atoms with E-state index in [1.54, 1.807) is 0 Å². The first-order valence-corrected chi connectivity index (χ1v) is 20.2. The lowest BCUT2D eigenvalue weighted by molar-refractivity contribution is -0.301. The molecule has 0 spiro atoms. The van der Waals surface area contributed by atoms with Gasteiger partial charge in [0.05, 0.1) is 19.8 Å². The highest BCUT2D eigenvalue weighted by Crippen LogP contribution is 2.26. The molecule has 0 aliphatic carbocycles. The van der Waals surface area contributed by atoms with Crippen molar-refractivity contribution in [1.29, 1.82) is 0 Å². The van der Waals surface area contributed by atoms with Crippen LogP contribution in [0, 0.1) is 0 Å². The van der Waals surface area contributed by atoms with Gasteiger partial charge in [0.2, 0.25) is 0 Å². The number of hydrogen-bond acceptors (Lipinski definition) is 11. The van der Waals surface area contributed by atoms with E-state index in [2.05, 4.69) is 18.0 Å². The zero-order valence-corrected chi connectivity index (χ0v) is 30.6. The van der Waals surface area contributed by atoms with Crippen LogP contribution in [-0.4, -0.2) is 97.5 Å². The average Bonchev–Trinajstić information content (AvgIpc) is 3.05. The van der Waals surface area contributed by atoms with Crippen molar-refractivity contribution in [3.63, 3.8) is 0 Å². The van der Waals surface area contributed by atoms with E-state index in [9.17, 15) is 28.5 Å². The number of esters is 1. The summed E-state index contributed by atoms with van der Waals surface area (Å²) in [6.45, 7) is 3.95. The summed E-state index contributed by atoms with van der Waals surface area (Å²) in [7, 11) is -5.05. The SMILES string of the molecule is CCCCCCCCCCCCCCCOCC(COC1OC(CO)C(O)C(OS(=O)(=O)O)C1O)OC(=O)CCCCCCCCCC. The molecule has 286 valence electrons. The van der Waals surface area contributed by atoms with Gasteiger partial charge < -0.3 is 34.3 Å². The highest BCUT2D eigenvalue weighted by atomic mass is 32.3. The Labute approximate surface area is 290 Å². The van der Waals surface area contributed by atoms with E-state index in [-0.39, 0.29) is 19.6 Å². The van der Waals surface area contributed by atoms with Crippen LogP contribution in [0.25, 0.3) is 0 Å². The van der Waals surface area contributed by atoms with Gasteiger partial charge in [-0.15, -0.1) is 0 Å². The summed E-state index contributed by atoms with van der Waals surface area (Å²) in [4.78, 5) is 12.7. The van der Waals surface area contributed by atoms with Crippen molar-refractivity contribution in [2.75, 3.05) is 26.4 Å². The number of hydrogen-bond donors (Lipinski definition) is 4. The van der Waals surface area contributed by atoms with Crippen molar-refractivity contribution in [2.24, 2.45) is 0 Å². The first kappa shape index (κ1) is 45.1. The second-order valence-electron chi connectivity index (χ2n) is 13.2. The standard InChI is InChI=1S/C35H68O12S/c1-3-5-7-9-11-13-14-15-16-17-19-21-23-25-43-27-29(45-31(37)24-22-20-18-12-10-8-6-4-2)28-44-35-33(39)34(47-48(40,41)42)32(38)30(26-36)46-35/h29-30,32-36,38-39H,3-28H2,1-2H3,(H,40,41,42). The third kappa shape index (κ3) is 22.7. The number of carbonyl (C=O) groups excluding carboxylic acids is 1. The lowest BCUT2D eigenvalue weighted by Gasteiger charge is -2.41. The minimum atomic E-state index is -5.05. The number of unbranched alkanes of at least 4 members (excludes halogenated alkanes) is 19. The molecule has 0 saturated carbocycles. The van der Waals surface area contributed by atoms with Crippen LogP contribution in [0.2, 0.25) is 0 Å². The second-order valence-corrected chi connectivity index (χ2v) is 14.2. The fraction of sp³-hybridized carbons (Fsp3) is 0.971. The van der Waals surface area contributed by atoms with Gasteiger partial charge in [-0.1, -0.05) is 136 Å². The molecule has 1 aliphatic heterocycles. The summed E-state index contributed by atoms with van der Waals surface area (Å²) >= 11 is 0. The molecule has 13 heteroatoms. The maximum absolute atomic E-state index is 12.7. The number of aliphatic hydroxyl groups is 3. The summed E-state index contributed by atoms with van der Waals surface area (Å²) in [6, 6.07) is 0. The van der Waals surface area contributed by atoms with Gasteiger partial charge in [0, 0.05) is 13.0 Å².